The quantitative estimate of drug-likeness (QED) is 0.828. The molecule has 96 valence electrons. The van der Waals surface area contributed by atoms with Gasteiger partial charge in [-0.25, -0.2) is 4.39 Å². The van der Waals surface area contributed by atoms with Gasteiger partial charge in [-0.05, 0) is 41.6 Å². The second-order valence-electron chi connectivity index (χ2n) is 3.78. The molecular formula is C14H10ClFN2O. The molecule has 0 saturated carbocycles. The SMILES string of the molecule is N=C/C=c1/ccn(-c2ccc(F)cc2)c(=O)/c1=C\Cl. The molecule has 0 aliphatic heterocycles. The number of nitrogens with one attached hydrogen (secondary N) is 1. The van der Waals surface area contributed by atoms with Gasteiger partial charge in [0.25, 0.3) is 5.56 Å². The summed E-state index contributed by atoms with van der Waals surface area (Å²) in [5.74, 6) is -0.366. The molecule has 0 unspecified atom stereocenters. The van der Waals surface area contributed by atoms with E-state index < -0.39 is 0 Å². The van der Waals surface area contributed by atoms with Gasteiger partial charge in [0.1, 0.15) is 5.82 Å². The van der Waals surface area contributed by atoms with Crippen molar-refractivity contribution in [3.8, 4) is 5.69 Å². The van der Waals surface area contributed by atoms with Crippen LogP contribution < -0.4 is 16.0 Å². The molecule has 0 bridgehead atoms. The van der Waals surface area contributed by atoms with Crippen molar-refractivity contribution < 1.29 is 4.39 Å². The molecule has 1 aromatic heterocycles. The fourth-order valence-electron chi connectivity index (χ4n) is 1.72. The molecule has 0 atom stereocenters. The minimum Gasteiger partial charge on any atom is -0.309 e. The van der Waals surface area contributed by atoms with Crippen molar-refractivity contribution in [3.63, 3.8) is 0 Å². The monoisotopic (exact) mass is 276 g/mol. The molecule has 0 radical (unpaired) electrons. The van der Waals surface area contributed by atoms with Gasteiger partial charge in [-0.15, -0.1) is 0 Å². The van der Waals surface area contributed by atoms with E-state index in [0.717, 1.165) is 6.21 Å². The van der Waals surface area contributed by atoms with E-state index in [0.29, 0.717) is 10.9 Å². The van der Waals surface area contributed by atoms with Crippen molar-refractivity contribution >= 4 is 29.4 Å². The second kappa shape index (κ2) is 5.63. The zero-order chi connectivity index (χ0) is 13.8. The highest BCUT2D eigenvalue weighted by Gasteiger charge is 2.01. The molecule has 2 aromatic rings. The molecule has 0 fully saturated rings. The molecule has 0 amide bonds. The third kappa shape index (κ3) is 2.63. The first-order chi connectivity index (χ1) is 9.17. The van der Waals surface area contributed by atoms with Crippen LogP contribution in [0.5, 0.6) is 0 Å². The molecule has 1 N–H and O–H groups in total. The van der Waals surface area contributed by atoms with Crippen LogP contribution in [0.1, 0.15) is 0 Å². The molecule has 1 heterocycles. The summed E-state index contributed by atoms with van der Waals surface area (Å²) in [6, 6.07) is 7.25. The summed E-state index contributed by atoms with van der Waals surface area (Å²) in [5.41, 5.74) is 1.40. The Kier molecular flexibility index (Phi) is 3.92. The van der Waals surface area contributed by atoms with Gasteiger partial charge in [0, 0.05) is 23.6 Å². The Morgan fingerprint density at radius 3 is 2.47 bits per heavy atom. The smallest absolute Gasteiger partial charge is 0.263 e. The number of hydrogen-bond donors (Lipinski definition) is 1. The molecule has 1 aromatic carbocycles. The fourth-order valence-corrected chi connectivity index (χ4v) is 1.93. The zero-order valence-corrected chi connectivity index (χ0v) is 10.6. The molecule has 0 saturated heterocycles. The van der Waals surface area contributed by atoms with Gasteiger partial charge >= 0.3 is 0 Å². The van der Waals surface area contributed by atoms with Crippen LogP contribution in [0.15, 0.2) is 41.3 Å². The molecule has 0 aliphatic carbocycles. The summed E-state index contributed by atoms with van der Waals surface area (Å²) < 4.78 is 14.2. The first-order valence-electron chi connectivity index (χ1n) is 5.46. The van der Waals surface area contributed by atoms with Crippen molar-refractivity contribution in [2.75, 3.05) is 0 Å². The predicted octanol–water partition coefficient (Wildman–Crippen LogP) is 1.38. The molecular weight excluding hydrogens is 267 g/mol. The number of rotatable bonds is 2. The van der Waals surface area contributed by atoms with Crippen molar-refractivity contribution in [3.05, 3.63) is 63.1 Å². The normalized spacial score (nSPS) is 12.7. The maximum absolute atomic E-state index is 12.9. The van der Waals surface area contributed by atoms with Crippen LogP contribution in [0.3, 0.4) is 0 Å². The summed E-state index contributed by atoms with van der Waals surface area (Å²) in [6.45, 7) is 0. The standard InChI is InChI=1S/C14H10ClFN2O/c15-9-13-10(5-7-17)6-8-18(14(13)19)12-3-1-11(16)2-4-12/h1-9,17H/b10-5-,13-9-,17-7?. The number of benzene rings is 1. The zero-order valence-electron chi connectivity index (χ0n) is 9.81. The van der Waals surface area contributed by atoms with Crippen molar-refractivity contribution in [2.45, 2.75) is 0 Å². The summed E-state index contributed by atoms with van der Waals surface area (Å²) in [6.07, 6.45) is 4.13. The highest BCUT2D eigenvalue weighted by molar-refractivity contribution is 6.38. The minimum atomic E-state index is -0.366. The van der Waals surface area contributed by atoms with Crippen LogP contribution in [0, 0.1) is 11.2 Å². The Bertz CT molecular complexity index is 779. The van der Waals surface area contributed by atoms with E-state index in [9.17, 15) is 9.18 Å². The van der Waals surface area contributed by atoms with Gasteiger partial charge in [0.15, 0.2) is 0 Å². The van der Waals surface area contributed by atoms with Crippen LogP contribution in [0.4, 0.5) is 4.39 Å². The van der Waals surface area contributed by atoms with Gasteiger partial charge in [-0.1, -0.05) is 11.6 Å². The van der Waals surface area contributed by atoms with Crippen molar-refractivity contribution in [1.29, 1.82) is 5.41 Å². The molecule has 5 heteroatoms. The third-order valence-corrected chi connectivity index (χ3v) is 2.86. The van der Waals surface area contributed by atoms with Crippen molar-refractivity contribution in [2.24, 2.45) is 0 Å². The lowest BCUT2D eigenvalue weighted by Crippen LogP contribution is -2.43. The number of hydrogen-bond acceptors (Lipinski definition) is 2. The van der Waals surface area contributed by atoms with E-state index in [-0.39, 0.29) is 16.6 Å². The van der Waals surface area contributed by atoms with Gasteiger partial charge in [0.2, 0.25) is 0 Å². The average molecular weight is 277 g/mol. The summed E-state index contributed by atoms with van der Waals surface area (Å²) in [4.78, 5) is 12.2. The summed E-state index contributed by atoms with van der Waals surface area (Å²) in [5, 5.41) is 7.89. The maximum atomic E-state index is 12.9. The van der Waals surface area contributed by atoms with E-state index >= 15 is 0 Å². The Balaban J connectivity index is 2.75. The number of pyridine rings is 1. The minimum absolute atomic E-state index is 0.289. The Hall–Kier alpha value is -2.20. The Morgan fingerprint density at radius 2 is 1.89 bits per heavy atom. The number of halogens is 2. The largest absolute Gasteiger partial charge is 0.309 e. The van der Waals surface area contributed by atoms with Crippen LogP contribution in [-0.2, 0) is 0 Å². The first kappa shape index (κ1) is 13.2. The highest BCUT2D eigenvalue weighted by Crippen LogP contribution is 2.05. The lowest BCUT2D eigenvalue weighted by molar-refractivity contribution is 0.627. The van der Waals surface area contributed by atoms with E-state index in [1.54, 1.807) is 12.3 Å². The third-order valence-electron chi connectivity index (χ3n) is 2.64. The Labute approximate surface area is 113 Å². The lowest BCUT2D eigenvalue weighted by atomic mass is 10.2. The van der Waals surface area contributed by atoms with Gasteiger partial charge in [0.05, 0.1) is 5.22 Å². The topological polar surface area (TPSA) is 45.9 Å². The van der Waals surface area contributed by atoms with Crippen LogP contribution in [0.2, 0.25) is 0 Å². The van der Waals surface area contributed by atoms with E-state index in [2.05, 4.69) is 0 Å². The van der Waals surface area contributed by atoms with Crippen LogP contribution in [-0.4, -0.2) is 10.8 Å². The van der Waals surface area contributed by atoms with Crippen LogP contribution >= 0.6 is 11.6 Å². The molecule has 2 rings (SSSR count). The molecule has 0 aliphatic rings. The van der Waals surface area contributed by atoms with Crippen LogP contribution in [0.25, 0.3) is 17.3 Å². The molecule has 3 nitrogen and oxygen atoms in total. The first-order valence-corrected chi connectivity index (χ1v) is 5.90. The van der Waals surface area contributed by atoms with Gasteiger partial charge < -0.3 is 5.41 Å². The average Bonchev–Trinajstić information content (AvgIpc) is 2.41. The van der Waals surface area contributed by atoms with E-state index in [1.807, 2.05) is 0 Å². The number of nitrogens with zero attached hydrogens (tertiary/aromatic N) is 1. The van der Waals surface area contributed by atoms with Crippen molar-refractivity contribution in [1.82, 2.24) is 4.57 Å². The Morgan fingerprint density at radius 1 is 1.21 bits per heavy atom. The fraction of sp³-hybridized carbons (Fsp3) is 0. The lowest BCUT2D eigenvalue weighted by Gasteiger charge is -2.05. The van der Waals surface area contributed by atoms with E-state index in [1.165, 1.54) is 40.4 Å². The maximum Gasteiger partial charge on any atom is 0.263 e. The molecule has 19 heavy (non-hydrogen) atoms. The summed E-state index contributed by atoms with van der Waals surface area (Å²) in [7, 11) is 0. The second-order valence-corrected chi connectivity index (χ2v) is 4.00. The van der Waals surface area contributed by atoms with Gasteiger partial charge in [-0.3, -0.25) is 9.36 Å². The highest BCUT2D eigenvalue weighted by atomic mass is 35.5. The summed E-state index contributed by atoms with van der Waals surface area (Å²) >= 11 is 5.66. The van der Waals surface area contributed by atoms with Gasteiger partial charge in [-0.2, -0.15) is 0 Å². The molecule has 0 spiro atoms. The number of aromatic nitrogens is 1. The predicted molar refractivity (Wildman–Crippen MR) is 74.8 cm³/mol. The van der Waals surface area contributed by atoms with E-state index in [4.69, 9.17) is 17.0 Å².